The molecule has 10 rings (SSSR count). The fraction of sp³-hybridized carbons (Fsp3) is 0.167. The topological polar surface area (TPSA) is 47.4 Å². The number of benzene rings is 2. The molecule has 7 aliphatic rings. The summed E-state index contributed by atoms with van der Waals surface area (Å²) in [5.41, 5.74) is 9.27. The fourth-order valence-electron chi connectivity index (χ4n) is 8.11. The van der Waals surface area contributed by atoms with E-state index >= 15 is 0 Å². The van der Waals surface area contributed by atoms with Gasteiger partial charge in [-0.2, -0.15) is 0 Å². The Hall–Kier alpha value is -5.35. The molecule has 0 N–H and O–H groups in total. The minimum Gasteiger partial charge on any atom is -0.464 e. The molecule has 220 valence electrons. The number of nitrogens with zero attached hydrogens (tertiary/aromatic N) is 3. The molecule has 5 unspecified atom stereocenters. The van der Waals surface area contributed by atoms with Crippen LogP contribution in [0.3, 0.4) is 0 Å². The van der Waals surface area contributed by atoms with Crippen LogP contribution in [-0.2, 0) is 4.74 Å². The van der Waals surface area contributed by atoms with E-state index in [1.54, 1.807) is 0 Å². The van der Waals surface area contributed by atoms with Crippen molar-refractivity contribution in [1.82, 2.24) is 9.97 Å². The Morgan fingerprint density at radius 2 is 1.65 bits per heavy atom. The van der Waals surface area contributed by atoms with Crippen molar-refractivity contribution in [2.24, 2.45) is 22.7 Å². The Kier molecular flexibility index (Phi) is 5.68. The highest BCUT2D eigenvalue weighted by Crippen LogP contribution is 2.49. The van der Waals surface area contributed by atoms with E-state index in [4.69, 9.17) is 19.7 Å². The van der Waals surface area contributed by atoms with Crippen molar-refractivity contribution in [2.75, 3.05) is 0 Å². The predicted octanol–water partition coefficient (Wildman–Crippen LogP) is 7.71. The van der Waals surface area contributed by atoms with E-state index in [1.165, 1.54) is 16.7 Å². The van der Waals surface area contributed by atoms with E-state index in [2.05, 4.69) is 134 Å². The molecule has 0 saturated heterocycles. The smallest absolute Gasteiger partial charge is 0.140 e. The molecule has 4 heteroatoms. The van der Waals surface area contributed by atoms with E-state index in [1.807, 2.05) is 0 Å². The predicted molar refractivity (Wildman–Crippen MR) is 181 cm³/mol. The van der Waals surface area contributed by atoms with E-state index in [9.17, 15) is 0 Å². The third-order valence-electron chi connectivity index (χ3n) is 10.3. The van der Waals surface area contributed by atoms with Crippen LogP contribution < -0.4 is 10.6 Å². The maximum absolute atomic E-state index is 6.52. The minimum atomic E-state index is -0.0789. The molecule has 0 bridgehead atoms. The molecule has 5 atom stereocenters. The van der Waals surface area contributed by atoms with Crippen LogP contribution in [0.25, 0.3) is 22.6 Å². The molecule has 1 aromatic heterocycles. The van der Waals surface area contributed by atoms with E-state index in [-0.39, 0.29) is 17.9 Å². The number of fused-ring (bicyclic) bond motifs is 5. The second-order valence-corrected chi connectivity index (χ2v) is 12.9. The first-order chi connectivity index (χ1) is 22.8. The van der Waals surface area contributed by atoms with Crippen molar-refractivity contribution in [2.45, 2.75) is 24.8 Å². The van der Waals surface area contributed by atoms with Gasteiger partial charge in [0.25, 0.3) is 0 Å². The number of aromatic nitrogens is 2. The maximum atomic E-state index is 6.52. The SMILES string of the molecule is C1=CC2C=CC3=C(C=CC3c3nc(C4=CCC=C4)cc(-c4cccc(C5N=c6ccccc6=C6OC7=C(C=CC7)C65)c4)n3)C2C=C1. The second-order valence-electron chi connectivity index (χ2n) is 12.9. The quantitative estimate of drug-likeness (QED) is 0.311. The number of ether oxygens (including phenoxy) is 1. The van der Waals surface area contributed by atoms with Crippen molar-refractivity contribution >= 4 is 11.3 Å². The van der Waals surface area contributed by atoms with Gasteiger partial charge in [0.15, 0.2) is 0 Å². The highest BCUT2D eigenvalue weighted by atomic mass is 16.5. The Labute approximate surface area is 268 Å². The fourth-order valence-corrected chi connectivity index (χ4v) is 8.11. The molecule has 46 heavy (non-hydrogen) atoms. The summed E-state index contributed by atoms with van der Waals surface area (Å²) in [5.74, 6) is 3.84. The molecule has 3 aromatic rings. The first-order valence-electron chi connectivity index (χ1n) is 16.3. The monoisotopic (exact) mass is 593 g/mol. The molecule has 0 saturated carbocycles. The second kappa shape index (κ2) is 10.1. The highest BCUT2D eigenvalue weighted by molar-refractivity contribution is 5.77. The standard InChI is InChI=1S/C42H31N3O/c1-2-11-26(10-1)36-24-37(45-42(44-36)32-22-21-30-29-14-4-3-9-25(29)19-20-31(30)32)27-12-7-13-28(23-27)40-39-34-16-8-18-38(34)46-41(39)33-15-5-6-17-35(33)43-40/h1,3-17,19-25,29,32,39-40H,2,18H2. The van der Waals surface area contributed by atoms with E-state index in [0.717, 1.165) is 68.8 Å². The van der Waals surface area contributed by atoms with Gasteiger partial charge in [-0.1, -0.05) is 109 Å². The first kappa shape index (κ1) is 25.9. The van der Waals surface area contributed by atoms with Gasteiger partial charge in [0.1, 0.15) is 17.3 Å². The summed E-state index contributed by atoms with van der Waals surface area (Å²) in [6, 6.07) is 19.3. The van der Waals surface area contributed by atoms with Crippen LogP contribution in [-0.4, -0.2) is 9.97 Å². The lowest BCUT2D eigenvalue weighted by Gasteiger charge is -2.27. The van der Waals surface area contributed by atoms with Crippen molar-refractivity contribution < 1.29 is 4.74 Å². The number of hydrogen-bond acceptors (Lipinski definition) is 4. The van der Waals surface area contributed by atoms with E-state index < -0.39 is 0 Å². The molecule has 2 aliphatic heterocycles. The van der Waals surface area contributed by atoms with Crippen LogP contribution in [0.2, 0.25) is 0 Å². The van der Waals surface area contributed by atoms with Crippen molar-refractivity contribution in [3.63, 3.8) is 0 Å². The lowest BCUT2D eigenvalue weighted by Crippen LogP contribution is -2.35. The lowest BCUT2D eigenvalue weighted by molar-refractivity contribution is 0.358. The van der Waals surface area contributed by atoms with Crippen LogP contribution in [0.5, 0.6) is 0 Å². The molecule has 2 aromatic carbocycles. The van der Waals surface area contributed by atoms with Gasteiger partial charge < -0.3 is 4.74 Å². The summed E-state index contributed by atoms with van der Waals surface area (Å²) >= 11 is 0. The Morgan fingerprint density at radius 1 is 0.739 bits per heavy atom. The van der Waals surface area contributed by atoms with E-state index in [0.29, 0.717) is 11.8 Å². The normalized spacial score (nSPS) is 27.3. The van der Waals surface area contributed by atoms with Crippen LogP contribution in [0.15, 0.2) is 161 Å². The zero-order chi connectivity index (χ0) is 30.2. The summed E-state index contributed by atoms with van der Waals surface area (Å²) in [5, 5.41) is 2.09. The van der Waals surface area contributed by atoms with Gasteiger partial charge in [-0.25, -0.2) is 9.97 Å². The Balaban J connectivity index is 1.08. The molecule has 0 radical (unpaired) electrons. The minimum absolute atomic E-state index is 0.0246. The number of para-hydroxylation sites is 1. The van der Waals surface area contributed by atoms with Gasteiger partial charge in [-0.15, -0.1) is 0 Å². The average Bonchev–Trinajstić information content (AvgIpc) is 3.93. The van der Waals surface area contributed by atoms with Gasteiger partial charge in [0, 0.05) is 34.6 Å². The summed E-state index contributed by atoms with van der Waals surface area (Å²) in [6.07, 6.45) is 31.0. The van der Waals surface area contributed by atoms with Crippen molar-refractivity contribution in [3.8, 4) is 11.3 Å². The zero-order valence-corrected chi connectivity index (χ0v) is 25.3. The lowest BCUT2D eigenvalue weighted by atomic mass is 9.77. The summed E-state index contributed by atoms with van der Waals surface area (Å²) in [6.45, 7) is 0. The van der Waals surface area contributed by atoms with Crippen molar-refractivity contribution in [1.29, 1.82) is 0 Å². The van der Waals surface area contributed by atoms with Crippen LogP contribution in [0.4, 0.5) is 0 Å². The number of rotatable bonds is 4. The molecule has 0 amide bonds. The molecular weight excluding hydrogens is 562 g/mol. The molecule has 0 fully saturated rings. The van der Waals surface area contributed by atoms with Gasteiger partial charge in [-0.05, 0) is 53.0 Å². The molecule has 3 heterocycles. The van der Waals surface area contributed by atoms with Crippen LogP contribution in [0.1, 0.15) is 41.9 Å². The number of hydrogen-bond donors (Lipinski definition) is 0. The molecular formula is C42H31N3O. The Morgan fingerprint density at radius 3 is 2.61 bits per heavy atom. The third-order valence-corrected chi connectivity index (χ3v) is 10.3. The van der Waals surface area contributed by atoms with Crippen LogP contribution >= 0.6 is 0 Å². The largest absolute Gasteiger partial charge is 0.464 e. The Bertz CT molecular complexity index is 2270. The molecule has 5 aliphatic carbocycles. The average molecular weight is 594 g/mol. The zero-order valence-electron chi connectivity index (χ0n) is 25.3. The van der Waals surface area contributed by atoms with Gasteiger partial charge in [0.05, 0.1) is 34.6 Å². The van der Waals surface area contributed by atoms with Crippen molar-refractivity contribution in [3.05, 3.63) is 184 Å². The third kappa shape index (κ3) is 3.96. The first-order valence-corrected chi connectivity index (χ1v) is 16.3. The van der Waals surface area contributed by atoms with Crippen LogP contribution in [0, 0.1) is 17.8 Å². The molecule has 4 nitrogen and oxygen atoms in total. The summed E-state index contributed by atoms with van der Waals surface area (Å²) in [4.78, 5) is 15.8. The van der Waals surface area contributed by atoms with Gasteiger partial charge in [0.2, 0.25) is 0 Å². The summed E-state index contributed by atoms with van der Waals surface area (Å²) < 4.78 is 6.52. The van der Waals surface area contributed by atoms with Gasteiger partial charge >= 0.3 is 0 Å². The van der Waals surface area contributed by atoms with Gasteiger partial charge in [-0.3, -0.25) is 4.99 Å². The molecule has 0 spiro atoms. The highest BCUT2D eigenvalue weighted by Gasteiger charge is 2.41. The summed E-state index contributed by atoms with van der Waals surface area (Å²) in [7, 11) is 0. The number of allylic oxidation sites excluding steroid dienone is 16. The maximum Gasteiger partial charge on any atom is 0.140 e.